The van der Waals surface area contributed by atoms with E-state index in [1.54, 1.807) is 17.9 Å². The zero-order valence-electron chi connectivity index (χ0n) is 13.8. The number of carbonyl (C=O) groups is 1. The van der Waals surface area contributed by atoms with Crippen LogP contribution in [0.4, 0.5) is 4.39 Å². The van der Waals surface area contributed by atoms with Crippen molar-refractivity contribution in [2.24, 2.45) is 0 Å². The molecule has 0 saturated carbocycles. The minimum absolute atomic E-state index is 0.0317. The van der Waals surface area contributed by atoms with Gasteiger partial charge in [-0.3, -0.25) is 9.69 Å². The maximum absolute atomic E-state index is 13.9. The summed E-state index contributed by atoms with van der Waals surface area (Å²) in [5, 5.41) is 9.38. The minimum Gasteiger partial charge on any atom is -0.490 e. The molecule has 0 spiro atoms. The topological polar surface area (TPSA) is 53.0 Å². The highest BCUT2D eigenvalue weighted by Gasteiger charge is 2.27. The molecule has 1 saturated heterocycles. The van der Waals surface area contributed by atoms with Crippen molar-refractivity contribution in [1.29, 1.82) is 0 Å². The second-order valence-corrected chi connectivity index (χ2v) is 5.62. The standard InChI is InChI=1S/C17H25FN2O3/c1-3-13(12-21)19-8-10-20(11-9-19)17(22)14-6-5-7-15(18)16(14)23-4-2/h5-7,13,21H,3-4,8-12H2,1-2H3. The van der Waals surface area contributed by atoms with Crippen molar-refractivity contribution < 1.29 is 19.0 Å². The van der Waals surface area contributed by atoms with E-state index in [9.17, 15) is 14.3 Å². The summed E-state index contributed by atoms with van der Waals surface area (Å²) in [6.07, 6.45) is 0.878. The molecule has 1 fully saturated rings. The molecular weight excluding hydrogens is 299 g/mol. The lowest BCUT2D eigenvalue weighted by Gasteiger charge is -2.38. The first-order chi connectivity index (χ1) is 11.1. The Kier molecular flexibility index (Phi) is 6.36. The van der Waals surface area contributed by atoms with Crippen LogP contribution in [0.15, 0.2) is 18.2 Å². The molecule has 6 heteroatoms. The maximum Gasteiger partial charge on any atom is 0.257 e. The molecule has 128 valence electrons. The normalized spacial score (nSPS) is 17.1. The predicted molar refractivity (Wildman–Crippen MR) is 86.2 cm³/mol. The van der Waals surface area contributed by atoms with E-state index in [0.29, 0.717) is 32.8 Å². The molecule has 5 nitrogen and oxygen atoms in total. The lowest BCUT2D eigenvalue weighted by atomic mass is 10.1. The van der Waals surface area contributed by atoms with Gasteiger partial charge in [-0.15, -0.1) is 0 Å². The lowest BCUT2D eigenvalue weighted by molar-refractivity contribution is 0.0469. The highest BCUT2D eigenvalue weighted by molar-refractivity contribution is 5.97. The van der Waals surface area contributed by atoms with Crippen LogP contribution in [-0.2, 0) is 0 Å². The van der Waals surface area contributed by atoms with Crippen LogP contribution < -0.4 is 4.74 Å². The fourth-order valence-electron chi connectivity index (χ4n) is 2.93. The molecule has 23 heavy (non-hydrogen) atoms. The fourth-order valence-corrected chi connectivity index (χ4v) is 2.93. The SMILES string of the molecule is CCOc1c(F)cccc1C(=O)N1CCN(C(CC)CO)CC1. The fraction of sp³-hybridized carbons (Fsp3) is 0.588. The third-order valence-corrected chi connectivity index (χ3v) is 4.29. The third-order valence-electron chi connectivity index (χ3n) is 4.29. The number of halogens is 1. The molecule has 0 radical (unpaired) electrons. The summed E-state index contributed by atoms with van der Waals surface area (Å²) >= 11 is 0. The number of benzene rings is 1. The largest absolute Gasteiger partial charge is 0.490 e. The summed E-state index contributed by atoms with van der Waals surface area (Å²) in [6.45, 7) is 6.80. The number of carbonyl (C=O) groups excluding carboxylic acids is 1. The Morgan fingerprint density at radius 3 is 2.57 bits per heavy atom. The van der Waals surface area contributed by atoms with Gasteiger partial charge in [0.05, 0.1) is 18.8 Å². The van der Waals surface area contributed by atoms with Crippen LogP contribution in [0.5, 0.6) is 5.75 Å². The summed E-state index contributed by atoms with van der Waals surface area (Å²) < 4.78 is 19.2. The van der Waals surface area contributed by atoms with E-state index in [4.69, 9.17) is 4.74 Å². The van der Waals surface area contributed by atoms with Gasteiger partial charge in [0.15, 0.2) is 11.6 Å². The van der Waals surface area contributed by atoms with Crippen LogP contribution in [0.25, 0.3) is 0 Å². The molecule has 1 aromatic carbocycles. The van der Waals surface area contributed by atoms with Gasteiger partial charge in [-0.05, 0) is 25.5 Å². The van der Waals surface area contributed by atoms with E-state index in [-0.39, 0.29) is 29.9 Å². The van der Waals surface area contributed by atoms with Crippen molar-refractivity contribution in [2.45, 2.75) is 26.3 Å². The summed E-state index contributed by atoms with van der Waals surface area (Å²) in [4.78, 5) is 16.6. The van der Waals surface area contributed by atoms with Crippen LogP contribution in [0, 0.1) is 5.82 Å². The number of para-hydroxylation sites is 1. The van der Waals surface area contributed by atoms with Gasteiger partial charge in [-0.1, -0.05) is 13.0 Å². The van der Waals surface area contributed by atoms with E-state index < -0.39 is 5.82 Å². The monoisotopic (exact) mass is 324 g/mol. The second-order valence-electron chi connectivity index (χ2n) is 5.62. The van der Waals surface area contributed by atoms with Gasteiger partial charge in [-0.2, -0.15) is 0 Å². The molecule has 1 N–H and O–H groups in total. The quantitative estimate of drug-likeness (QED) is 0.866. The molecule has 0 bridgehead atoms. The zero-order valence-corrected chi connectivity index (χ0v) is 13.8. The molecule has 2 rings (SSSR count). The number of rotatable bonds is 6. The Bertz CT molecular complexity index is 527. The van der Waals surface area contributed by atoms with Gasteiger partial charge in [0.2, 0.25) is 0 Å². The average Bonchev–Trinajstić information content (AvgIpc) is 2.58. The van der Waals surface area contributed by atoms with E-state index in [0.717, 1.165) is 6.42 Å². The van der Waals surface area contributed by atoms with Gasteiger partial charge in [0.1, 0.15) is 0 Å². The van der Waals surface area contributed by atoms with Gasteiger partial charge in [-0.25, -0.2) is 4.39 Å². The summed E-state index contributed by atoms with van der Waals surface area (Å²) in [7, 11) is 0. The minimum atomic E-state index is -0.511. The molecule has 1 aliphatic rings. The van der Waals surface area contributed by atoms with Gasteiger partial charge in [0, 0.05) is 32.2 Å². The molecule has 0 aliphatic carbocycles. The molecule has 1 amide bonds. The molecule has 1 aliphatic heterocycles. The van der Waals surface area contributed by atoms with Crippen LogP contribution in [-0.4, -0.2) is 66.2 Å². The third kappa shape index (κ3) is 4.00. The van der Waals surface area contributed by atoms with Gasteiger partial charge < -0.3 is 14.7 Å². The van der Waals surface area contributed by atoms with Crippen LogP contribution in [0.2, 0.25) is 0 Å². The van der Waals surface area contributed by atoms with E-state index in [2.05, 4.69) is 4.90 Å². The van der Waals surface area contributed by atoms with E-state index in [1.807, 2.05) is 6.92 Å². The Labute approximate surface area is 136 Å². The van der Waals surface area contributed by atoms with Crippen LogP contribution in [0.1, 0.15) is 30.6 Å². The smallest absolute Gasteiger partial charge is 0.257 e. The number of aliphatic hydroxyl groups is 1. The Morgan fingerprint density at radius 1 is 1.30 bits per heavy atom. The van der Waals surface area contributed by atoms with Crippen LogP contribution >= 0.6 is 0 Å². The molecule has 1 aromatic rings. The highest BCUT2D eigenvalue weighted by atomic mass is 19.1. The van der Waals surface area contributed by atoms with Gasteiger partial charge in [0.25, 0.3) is 5.91 Å². The summed E-state index contributed by atoms with van der Waals surface area (Å²) in [5.41, 5.74) is 0.273. The van der Waals surface area contributed by atoms with Gasteiger partial charge >= 0.3 is 0 Å². The molecule has 1 heterocycles. The number of ether oxygens (including phenoxy) is 1. The number of amides is 1. The first-order valence-electron chi connectivity index (χ1n) is 8.17. The van der Waals surface area contributed by atoms with E-state index >= 15 is 0 Å². The zero-order chi connectivity index (χ0) is 16.8. The van der Waals surface area contributed by atoms with E-state index in [1.165, 1.54) is 12.1 Å². The number of aliphatic hydroxyl groups excluding tert-OH is 1. The first-order valence-corrected chi connectivity index (χ1v) is 8.17. The van der Waals surface area contributed by atoms with Crippen molar-refractivity contribution >= 4 is 5.91 Å². The average molecular weight is 324 g/mol. The predicted octanol–water partition coefficient (Wildman–Crippen LogP) is 1.75. The van der Waals surface area contributed by atoms with Crippen molar-refractivity contribution in [1.82, 2.24) is 9.80 Å². The molecule has 1 atom stereocenters. The van der Waals surface area contributed by atoms with Crippen molar-refractivity contribution in [3.05, 3.63) is 29.6 Å². The number of hydrogen-bond acceptors (Lipinski definition) is 4. The number of hydrogen-bond donors (Lipinski definition) is 1. The Hall–Kier alpha value is -1.66. The Balaban J connectivity index is 2.07. The van der Waals surface area contributed by atoms with Crippen molar-refractivity contribution in [2.75, 3.05) is 39.4 Å². The number of nitrogens with zero attached hydrogens (tertiary/aromatic N) is 2. The van der Waals surface area contributed by atoms with Crippen molar-refractivity contribution in [3.8, 4) is 5.75 Å². The molecule has 1 unspecified atom stereocenters. The first kappa shape index (κ1) is 17.7. The highest BCUT2D eigenvalue weighted by Crippen LogP contribution is 2.25. The second kappa shape index (κ2) is 8.26. The summed E-state index contributed by atoms with van der Waals surface area (Å²) in [6, 6.07) is 4.57. The number of piperazine rings is 1. The lowest BCUT2D eigenvalue weighted by Crippen LogP contribution is -2.52. The van der Waals surface area contributed by atoms with Crippen molar-refractivity contribution in [3.63, 3.8) is 0 Å². The summed E-state index contributed by atoms with van der Waals surface area (Å²) in [5.74, 6) is -0.684. The molecular formula is C17H25FN2O3. The molecule has 0 aromatic heterocycles. The maximum atomic E-state index is 13.9. The Morgan fingerprint density at radius 2 is 2.00 bits per heavy atom. The van der Waals surface area contributed by atoms with Crippen LogP contribution in [0.3, 0.4) is 0 Å².